The van der Waals surface area contributed by atoms with Crippen molar-refractivity contribution in [2.24, 2.45) is 0 Å². The van der Waals surface area contributed by atoms with Gasteiger partial charge in [-0.25, -0.2) is 8.42 Å². The highest BCUT2D eigenvalue weighted by molar-refractivity contribution is 7.91. The molecule has 1 heterocycles. The largest absolute Gasteiger partial charge is 0.486 e. The van der Waals surface area contributed by atoms with E-state index in [9.17, 15) is 8.42 Å². The highest BCUT2D eigenvalue weighted by Crippen LogP contribution is 2.35. The van der Waals surface area contributed by atoms with Crippen LogP contribution < -0.4 is 9.47 Å². The molecule has 0 amide bonds. The van der Waals surface area contributed by atoms with Gasteiger partial charge in [0.2, 0.25) is 9.84 Å². The summed E-state index contributed by atoms with van der Waals surface area (Å²) in [5.41, 5.74) is 0. The van der Waals surface area contributed by atoms with Crippen LogP contribution in [0.4, 0.5) is 0 Å². The van der Waals surface area contributed by atoms with E-state index in [-0.39, 0.29) is 15.9 Å². The van der Waals surface area contributed by atoms with Crippen LogP contribution in [0.5, 0.6) is 11.5 Å². The molecule has 1 atom stereocenters. The van der Waals surface area contributed by atoms with Gasteiger partial charge in [0.1, 0.15) is 12.7 Å². The number of fused-ring (bicyclic) bond motifs is 1. The SMILES string of the molecule is CN(C)CC1COc2ccc(S(=O)(=O)c3ccccc3)cc2O1. The van der Waals surface area contributed by atoms with Gasteiger partial charge in [-0.3, -0.25) is 0 Å². The Morgan fingerprint density at radius 1 is 1.04 bits per heavy atom. The van der Waals surface area contributed by atoms with Crippen LogP contribution in [-0.2, 0) is 9.84 Å². The molecule has 0 spiro atoms. The monoisotopic (exact) mass is 333 g/mol. The first-order chi connectivity index (χ1) is 11.0. The van der Waals surface area contributed by atoms with E-state index in [1.54, 1.807) is 48.5 Å². The summed E-state index contributed by atoms with van der Waals surface area (Å²) in [6.45, 7) is 1.16. The Kier molecular flexibility index (Phi) is 4.28. The number of ether oxygens (including phenoxy) is 2. The lowest BCUT2D eigenvalue weighted by Gasteiger charge is -2.28. The molecule has 1 unspecified atom stereocenters. The molecular weight excluding hydrogens is 314 g/mol. The van der Waals surface area contributed by atoms with Gasteiger partial charge in [-0.05, 0) is 38.4 Å². The normalized spacial score (nSPS) is 17.3. The first-order valence-electron chi connectivity index (χ1n) is 7.35. The molecule has 5 nitrogen and oxygen atoms in total. The predicted molar refractivity (Wildman–Crippen MR) is 86.8 cm³/mol. The summed E-state index contributed by atoms with van der Waals surface area (Å²) in [4.78, 5) is 2.47. The average molecular weight is 333 g/mol. The maximum absolute atomic E-state index is 12.7. The van der Waals surface area contributed by atoms with Crippen LogP contribution in [0.2, 0.25) is 0 Å². The molecule has 0 saturated carbocycles. The van der Waals surface area contributed by atoms with Gasteiger partial charge in [0, 0.05) is 12.6 Å². The molecule has 0 fully saturated rings. The summed E-state index contributed by atoms with van der Waals surface area (Å²) in [6.07, 6.45) is -0.118. The maximum Gasteiger partial charge on any atom is 0.206 e. The fourth-order valence-corrected chi connectivity index (χ4v) is 3.79. The zero-order chi connectivity index (χ0) is 16.4. The Labute approximate surface area is 136 Å². The third-order valence-corrected chi connectivity index (χ3v) is 5.33. The smallest absolute Gasteiger partial charge is 0.206 e. The zero-order valence-corrected chi connectivity index (χ0v) is 13.9. The molecule has 0 bridgehead atoms. The van der Waals surface area contributed by atoms with Gasteiger partial charge in [-0.1, -0.05) is 18.2 Å². The molecule has 2 aromatic carbocycles. The molecule has 6 heteroatoms. The van der Waals surface area contributed by atoms with Gasteiger partial charge in [0.25, 0.3) is 0 Å². The van der Waals surface area contributed by atoms with Crippen molar-refractivity contribution < 1.29 is 17.9 Å². The summed E-state index contributed by atoms with van der Waals surface area (Å²) >= 11 is 0. The molecule has 0 radical (unpaired) electrons. The van der Waals surface area contributed by atoms with E-state index in [2.05, 4.69) is 0 Å². The van der Waals surface area contributed by atoms with Crippen molar-refractivity contribution in [2.45, 2.75) is 15.9 Å². The Morgan fingerprint density at radius 2 is 1.78 bits per heavy atom. The number of nitrogens with zero attached hydrogens (tertiary/aromatic N) is 1. The van der Waals surface area contributed by atoms with Crippen molar-refractivity contribution in [2.75, 3.05) is 27.2 Å². The van der Waals surface area contributed by atoms with Crippen molar-refractivity contribution in [3.8, 4) is 11.5 Å². The Morgan fingerprint density at radius 3 is 2.48 bits per heavy atom. The lowest BCUT2D eigenvalue weighted by Crippen LogP contribution is -2.38. The van der Waals surface area contributed by atoms with Crippen molar-refractivity contribution in [3.63, 3.8) is 0 Å². The average Bonchev–Trinajstić information content (AvgIpc) is 2.54. The second kappa shape index (κ2) is 6.22. The summed E-state index contributed by atoms with van der Waals surface area (Å²) in [5.74, 6) is 1.05. The maximum atomic E-state index is 12.7. The van der Waals surface area contributed by atoms with Crippen molar-refractivity contribution in [1.82, 2.24) is 4.90 Å². The fraction of sp³-hybridized carbons (Fsp3) is 0.294. The van der Waals surface area contributed by atoms with Gasteiger partial charge in [-0.15, -0.1) is 0 Å². The first kappa shape index (κ1) is 15.8. The van der Waals surface area contributed by atoms with Crippen LogP contribution in [-0.4, -0.2) is 46.7 Å². The number of likely N-dealkylation sites (N-methyl/N-ethyl adjacent to an activating group) is 1. The molecule has 2 aromatic rings. The molecule has 3 rings (SSSR count). The van der Waals surface area contributed by atoms with E-state index in [0.29, 0.717) is 24.7 Å². The molecule has 23 heavy (non-hydrogen) atoms. The standard InChI is InChI=1S/C17H19NO4S/c1-18(2)11-13-12-21-16-9-8-15(10-17(16)22-13)23(19,20)14-6-4-3-5-7-14/h3-10,13H,11-12H2,1-2H3. The Bertz CT molecular complexity index is 787. The van der Waals surface area contributed by atoms with E-state index in [0.717, 1.165) is 0 Å². The first-order valence-corrected chi connectivity index (χ1v) is 8.83. The summed E-state index contributed by atoms with van der Waals surface area (Å²) in [6, 6.07) is 13.1. The fourth-order valence-electron chi connectivity index (χ4n) is 2.50. The van der Waals surface area contributed by atoms with Crippen molar-refractivity contribution in [1.29, 1.82) is 0 Å². The third kappa shape index (κ3) is 3.33. The number of rotatable bonds is 4. The van der Waals surface area contributed by atoms with Gasteiger partial charge in [0.15, 0.2) is 11.5 Å². The molecule has 122 valence electrons. The minimum atomic E-state index is -3.56. The van der Waals surface area contributed by atoms with E-state index >= 15 is 0 Å². The number of sulfone groups is 1. The van der Waals surface area contributed by atoms with Gasteiger partial charge in [0.05, 0.1) is 9.79 Å². The van der Waals surface area contributed by atoms with Gasteiger partial charge in [-0.2, -0.15) is 0 Å². The van der Waals surface area contributed by atoms with E-state index in [4.69, 9.17) is 9.47 Å². The third-order valence-electron chi connectivity index (χ3n) is 3.57. The number of hydrogen-bond donors (Lipinski definition) is 0. The lowest BCUT2D eigenvalue weighted by molar-refractivity contribution is 0.0707. The van der Waals surface area contributed by atoms with Crippen LogP contribution in [0.1, 0.15) is 0 Å². The molecule has 0 N–H and O–H groups in total. The van der Waals surface area contributed by atoms with Crippen molar-refractivity contribution in [3.05, 3.63) is 48.5 Å². The number of hydrogen-bond acceptors (Lipinski definition) is 5. The summed E-state index contributed by atoms with van der Waals surface area (Å²) in [7, 11) is 0.348. The summed E-state index contributed by atoms with van der Waals surface area (Å²) in [5, 5.41) is 0. The minimum absolute atomic E-state index is 0.118. The Hall–Kier alpha value is -2.05. The van der Waals surface area contributed by atoms with Gasteiger partial charge >= 0.3 is 0 Å². The molecule has 0 saturated heterocycles. The number of benzene rings is 2. The Balaban J connectivity index is 1.92. The van der Waals surface area contributed by atoms with Crippen LogP contribution in [0, 0.1) is 0 Å². The van der Waals surface area contributed by atoms with E-state index < -0.39 is 9.84 Å². The van der Waals surface area contributed by atoms with Gasteiger partial charge < -0.3 is 14.4 Å². The molecule has 1 aliphatic heterocycles. The van der Waals surface area contributed by atoms with Crippen molar-refractivity contribution >= 4 is 9.84 Å². The molecule has 1 aliphatic rings. The second-order valence-electron chi connectivity index (χ2n) is 5.74. The van der Waals surface area contributed by atoms with Crippen LogP contribution in [0.3, 0.4) is 0 Å². The molecule has 0 aliphatic carbocycles. The van der Waals surface area contributed by atoms with Crippen LogP contribution >= 0.6 is 0 Å². The highest BCUT2D eigenvalue weighted by Gasteiger charge is 2.25. The van der Waals surface area contributed by atoms with E-state index in [1.165, 1.54) is 0 Å². The quantitative estimate of drug-likeness (QED) is 0.859. The molecule has 0 aromatic heterocycles. The highest BCUT2D eigenvalue weighted by atomic mass is 32.2. The lowest BCUT2D eigenvalue weighted by atomic mass is 10.2. The predicted octanol–water partition coefficient (Wildman–Crippen LogP) is 2.22. The topological polar surface area (TPSA) is 55.8 Å². The zero-order valence-electron chi connectivity index (χ0n) is 13.1. The second-order valence-corrected chi connectivity index (χ2v) is 7.69. The van der Waals surface area contributed by atoms with E-state index in [1.807, 2.05) is 19.0 Å². The van der Waals surface area contributed by atoms with Crippen LogP contribution in [0.15, 0.2) is 58.3 Å². The molecular formula is C17H19NO4S. The summed E-state index contributed by atoms with van der Waals surface area (Å²) < 4.78 is 36.9. The van der Waals surface area contributed by atoms with Crippen LogP contribution in [0.25, 0.3) is 0 Å². The minimum Gasteiger partial charge on any atom is -0.486 e.